The Morgan fingerprint density at radius 2 is 2.06 bits per heavy atom. The van der Waals surface area contributed by atoms with Gasteiger partial charge in [-0.05, 0) is 50.5 Å². The lowest BCUT2D eigenvalue weighted by Crippen LogP contribution is -2.33. The van der Waals surface area contributed by atoms with Crippen molar-refractivity contribution < 1.29 is 9.59 Å². The fourth-order valence-corrected chi connectivity index (χ4v) is 4.44. The third kappa shape index (κ3) is 4.02. The fourth-order valence-electron chi connectivity index (χ4n) is 4.27. The molecule has 3 heterocycles. The average molecular weight is 440 g/mol. The molecule has 8 heteroatoms. The van der Waals surface area contributed by atoms with E-state index in [0.29, 0.717) is 35.1 Å². The van der Waals surface area contributed by atoms with Crippen LogP contribution in [-0.2, 0) is 11.2 Å². The molecule has 7 nitrogen and oxygen atoms in total. The summed E-state index contributed by atoms with van der Waals surface area (Å²) in [6, 6.07) is 5.50. The fraction of sp³-hybridized carbons (Fsp3) is 0.391. The van der Waals surface area contributed by atoms with Gasteiger partial charge in [0.1, 0.15) is 0 Å². The van der Waals surface area contributed by atoms with Crippen LogP contribution in [0, 0.1) is 13.8 Å². The number of aryl methyl sites for hydroxylation is 2. The zero-order chi connectivity index (χ0) is 22.3. The Morgan fingerprint density at radius 3 is 2.77 bits per heavy atom. The minimum atomic E-state index is -0.177. The third-order valence-electron chi connectivity index (χ3n) is 5.92. The van der Waals surface area contributed by atoms with Crippen LogP contribution in [0.2, 0.25) is 5.02 Å². The van der Waals surface area contributed by atoms with Gasteiger partial charge in [-0.3, -0.25) is 9.59 Å². The van der Waals surface area contributed by atoms with Crippen LogP contribution >= 0.6 is 11.6 Å². The topological polar surface area (TPSA) is 82.2 Å². The van der Waals surface area contributed by atoms with Gasteiger partial charge in [-0.15, -0.1) is 0 Å². The number of fused-ring (bicyclic) bond motifs is 1. The maximum Gasteiger partial charge on any atom is 0.256 e. The van der Waals surface area contributed by atoms with E-state index in [0.717, 1.165) is 35.0 Å². The molecule has 0 spiro atoms. The summed E-state index contributed by atoms with van der Waals surface area (Å²) >= 11 is 6.18. The number of rotatable bonds is 4. The third-order valence-corrected chi connectivity index (χ3v) is 6.15. The summed E-state index contributed by atoms with van der Waals surface area (Å²) in [5.74, 6) is 0.510. The highest BCUT2D eigenvalue weighted by Crippen LogP contribution is 2.32. The number of hydrogen-bond donors (Lipinski definition) is 1. The highest BCUT2D eigenvalue weighted by molar-refractivity contribution is 6.31. The zero-order valence-corrected chi connectivity index (χ0v) is 19.0. The molecule has 162 valence electrons. The second kappa shape index (κ2) is 8.30. The molecule has 1 atom stereocenters. The molecular formula is C23H26ClN5O2. The van der Waals surface area contributed by atoms with Crippen LogP contribution in [0.4, 0.5) is 0 Å². The van der Waals surface area contributed by atoms with Crippen molar-refractivity contribution in [3.63, 3.8) is 0 Å². The van der Waals surface area contributed by atoms with E-state index in [1.54, 1.807) is 20.3 Å². The van der Waals surface area contributed by atoms with Gasteiger partial charge in [0, 0.05) is 48.5 Å². The van der Waals surface area contributed by atoms with Crippen molar-refractivity contribution in [3.8, 4) is 0 Å². The van der Waals surface area contributed by atoms with Gasteiger partial charge in [0.25, 0.3) is 5.91 Å². The van der Waals surface area contributed by atoms with E-state index in [1.165, 1.54) is 4.90 Å². The molecule has 4 rings (SSSR count). The lowest BCUT2D eigenvalue weighted by atomic mass is 10.1. The molecule has 1 aliphatic rings. The van der Waals surface area contributed by atoms with Crippen LogP contribution in [0.3, 0.4) is 0 Å². The van der Waals surface area contributed by atoms with E-state index in [1.807, 2.05) is 36.9 Å². The number of H-pyrrole nitrogens is 1. The number of likely N-dealkylation sites (tertiary alicyclic amines) is 1. The van der Waals surface area contributed by atoms with E-state index in [-0.39, 0.29) is 17.9 Å². The smallest absolute Gasteiger partial charge is 0.256 e. The Balaban J connectivity index is 1.59. The second-order valence-electron chi connectivity index (χ2n) is 8.27. The first-order valence-electron chi connectivity index (χ1n) is 10.4. The first-order valence-corrected chi connectivity index (χ1v) is 10.8. The predicted molar refractivity (Wildman–Crippen MR) is 120 cm³/mol. The molecule has 2 aromatic heterocycles. The quantitative estimate of drug-likeness (QED) is 0.669. The number of hydrogen-bond acceptors (Lipinski definition) is 4. The number of carbonyl (C=O) groups excluding carboxylic acids is 2. The number of benzene rings is 1. The SMILES string of the molecule is Cc1nc([C@H]2CCCN2C(=O)Cc2c(C)[nH]c3ccc(Cl)cc23)ncc1C(=O)N(C)C. The van der Waals surface area contributed by atoms with Gasteiger partial charge in [0.05, 0.1) is 23.7 Å². The van der Waals surface area contributed by atoms with Crippen molar-refractivity contribution >= 4 is 34.3 Å². The van der Waals surface area contributed by atoms with Crippen LogP contribution < -0.4 is 0 Å². The van der Waals surface area contributed by atoms with Crippen LogP contribution in [-0.4, -0.2) is 57.2 Å². The minimum Gasteiger partial charge on any atom is -0.358 e. The maximum absolute atomic E-state index is 13.3. The van der Waals surface area contributed by atoms with Gasteiger partial charge < -0.3 is 14.8 Å². The molecular weight excluding hydrogens is 414 g/mol. The molecule has 0 saturated carbocycles. The first kappa shape index (κ1) is 21.3. The van der Waals surface area contributed by atoms with Gasteiger partial charge in [-0.25, -0.2) is 9.97 Å². The molecule has 1 aliphatic heterocycles. The standard InChI is InChI=1S/C23H26ClN5O2/c1-13-16(17-10-15(24)7-8-19(17)26-13)11-21(30)29-9-5-6-20(29)22-25-12-18(14(2)27-22)23(31)28(3)4/h7-8,10,12,20,26H,5-6,9,11H2,1-4H3/t20-/m1/s1. The van der Waals surface area contributed by atoms with E-state index < -0.39 is 0 Å². The van der Waals surface area contributed by atoms with Crippen LogP contribution in [0.15, 0.2) is 24.4 Å². The molecule has 1 fully saturated rings. The summed E-state index contributed by atoms with van der Waals surface area (Å²) in [5, 5.41) is 1.63. The first-order chi connectivity index (χ1) is 14.8. The normalized spacial score (nSPS) is 16.2. The highest BCUT2D eigenvalue weighted by atomic mass is 35.5. The summed E-state index contributed by atoms with van der Waals surface area (Å²) in [6.45, 7) is 4.46. The summed E-state index contributed by atoms with van der Waals surface area (Å²) in [6.07, 6.45) is 3.58. The molecule has 0 aliphatic carbocycles. The van der Waals surface area contributed by atoms with E-state index in [2.05, 4.69) is 15.0 Å². The summed E-state index contributed by atoms with van der Waals surface area (Å²) < 4.78 is 0. The Labute approximate surface area is 186 Å². The van der Waals surface area contributed by atoms with Crippen molar-refractivity contribution in [3.05, 3.63) is 57.8 Å². The average Bonchev–Trinajstić information content (AvgIpc) is 3.33. The van der Waals surface area contributed by atoms with Gasteiger partial charge in [0.2, 0.25) is 5.91 Å². The van der Waals surface area contributed by atoms with Crippen LogP contribution in [0.25, 0.3) is 10.9 Å². The van der Waals surface area contributed by atoms with Crippen LogP contribution in [0.5, 0.6) is 0 Å². The maximum atomic E-state index is 13.3. The molecule has 0 unspecified atom stereocenters. The largest absolute Gasteiger partial charge is 0.358 e. The van der Waals surface area contributed by atoms with E-state index >= 15 is 0 Å². The van der Waals surface area contributed by atoms with Gasteiger partial charge >= 0.3 is 0 Å². The Kier molecular flexibility index (Phi) is 5.71. The summed E-state index contributed by atoms with van der Waals surface area (Å²) in [7, 11) is 3.40. The Hall–Kier alpha value is -2.93. The second-order valence-corrected chi connectivity index (χ2v) is 8.70. The minimum absolute atomic E-state index is 0.0428. The Morgan fingerprint density at radius 1 is 1.29 bits per heavy atom. The molecule has 31 heavy (non-hydrogen) atoms. The number of aromatic nitrogens is 3. The van der Waals surface area contributed by atoms with E-state index in [4.69, 9.17) is 11.6 Å². The molecule has 1 aromatic carbocycles. The highest BCUT2D eigenvalue weighted by Gasteiger charge is 2.33. The van der Waals surface area contributed by atoms with Crippen molar-refractivity contribution in [2.75, 3.05) is 20.6 Å². The van der Waals surface area contributed by atoms with Crippen molar-refractivity contribution in [2.24, 2.45) is 0 Å². The predicted octanol–water partition coefficient (Wildman–Crippen LogP) is 3.84. The molecule has 0 radical (unpaired) electrons. The van der Waals surface area contributed by atoms with E-state index in [9.17, 15) is 9.59 Å². The summed E-state index contributed by atoms with van der Waals surface area (Å²) in [5.41, 5.74) is 4.03. The van der Waals surface area contributed by atoms with Gasteiger partial charge in [-0.1, -0.05) is 11.6 Å². The number of carbonyl (C=O) groups is 2. The number of halogens is 1. The van der Waals surface area contributed by atoms with Crippen LogP contribution in [0.1, 0.15) is 52.0 Å². The number of amides is 2. The number of nitrogens with one attached hydrogen (secondary N) is 1. The molecule has 0 bridgehead atoms. The molecule has 3 aromatic rings. The van der Waals surface area contributed by atoms with Crippen molar-refractivity contribution in [2.45, 2.75) is 39.2 Å². The molecule has 1 N–H and O–H groups in total. The monoisotopic (exact) mass is 439 g/mol. The summed E-state index contributed by atoms with van der Waals surface area (Å²) in [4.78, 5) is 41.3. The lowest BCUT2D eigenvalue weighted by Gasteiger charge is -2.24. The number of nitrogens with zero attached hydrogens (tertiary/aromatic N) is 4. The molecule has 1 saturated heterocycles. The van der Waals surface area contributed by atoms with Crippen molar-refractivity contribution in [1.29, 1.82) is 0 Å². The zero-order valence-electron chi connectivity index (χ0n) is 18.2. The number of aromatic amines is 1. The Bertz CT molecular complexity index is 1170. The van der Waals surface area contributed by atoms with Crippen molar-refractivity contribution in [1.82, 2.24) is 24.8 Å². The van der Waals surface area contributed by atoms with Gasteiger partial charge in [-0.2, -0.15) is 0 Å². The lowest BCUT2D eigenvalue weighted by molar-refractivity contribution is -0.131. The van der Waals surface area contributed by atoms with Gasteiger partial charge in [0.15, 0.2) is 5.82 Å². The molecule has 2 amide bonds.